The van der Waals surface area contributed by atoms with Crippen LogP contribution in [0.15, 0.2) is 12.4 Å². The van der Waals surface area contributed by atoms with E-state index in [9.17, 15) is 22.8 Å². The molecule has 0 N–H and O–H groups in total. The SMILES string of the molecule is O=C1CCCC[C@H]1CCC(=O)N1CCC(c2cc(C(F)(F)F)n3ncnc3n2)CC1. The van der Waals surface area contributed by atoms with Crippen LogP contribution in [0.3, 0.4) is 0 Å². The molecule has 2 aliphatic rings. The first-order valence-electron chi connectivity index (χ1n) is 10.4. The normalized spacial score (nSPS) is 21.4. The minimum atomic E-state index is -4.56. The second-order valence-electron chi connectivity index (χ2n) is 8.14. The Morgan fingerprint density at radius 1 is 1.17 bits per heavy atom. The van der Waals surface area contributed by atoms with Crippen LogP contribution < -0.4 is 0 Å². The van der Waals surface area contributed by atoms with Gasteiger partial charge in [0.15, 0.2) is 5.69 Å². The summed E-state index contributed by atoms with van der Waals surface area (Å²) in [5, 5.41) is 3.62. The van der Waals surface area contributed by atoms with Crippen molar-refractivity contribution >= 4 is 17.5 Å². The van der Waals surface area contributed by atoms with Crippen molar-refractivity contribution in [2.24, 2.45) is 5.92 Å². The van der Waals surface area contributed by atoms with Crippen LogP contribution in [0, 0.1) is 5.92 Å². The molecule has 2 aromatic heterocycles. The Kier molecular flexibility index (Phi) is 5.75. The van der Waals surface area contributed by atoms with Gasteiger partial charge in [0.2, 0.25) is 5.91 Å². The van der Waals surface area contributed by atoms with Crippen LogP contribution in [0.4, 0.5) is 13.2 Å². The lowest BCUT2D eigenvalue weighted by atomic mass is 9.84. The largest absolute Gasteiger partial charge is 0.433 e. The molecular weight excluding hydrogens is 399 g/mol. The lowest BCUT2D eigenvalue weighted by Crippen LogP contribution is -2.38. The fraction of sp³-hybridized carbons (Fsp3) is 0.650. The van der Waals surface area contributed by atoms with E-state index in [-0.39, 0.29) is 29.3 Å². The minimum Gasteiger partial charge on any atom is -0.343 e. The number of ketones is 1. The lowest BCUT2D eigenvalue weighted by Gasteiger charge is -2.32. The second-order valence-corrected chi connectivity index (χ2v) is 8.14. The number of likely N-dealkylation sites (tertiary alicyclic amines) is 1. The summed E-state index contributed by atoms with van der Waals surface area (Å²) in [6.45, 7) is 0.950. The average molecular weight is 423 g/mol. The van der Waals surface area contributed by atoms with Gasteiger partial charge in [-0.05, 0) is 38.2 Å². The van der Waals surface area contributed by atoms with Gasteiger partial charge < -0.3 is 4.90 Å². The maximum Gasteiger partial charge on any atom is 0.433 e. The van der Waals surface area contributed by atoms with Crippen molar-refractivity contribution in [2.45, 2.75) is 63.5 Å². The van der Waals surface area contributed by atoms with Crippen LogP contribution in [-0.2, 0) is 15.8 Å². The number of halogens is 3. The van der Waals surface area contributed by atoms with Crippen molar-refractivity contribution in [1.82, 2.24) is 24.5 Å². The molecule has 1 aliphatic carbocycles. The van der Waals surface area contributed by atoms with Gasteiger partial charge in [-0.2, -0.15) is 27.8 Å². The van der Waals surface area contributed by atoms with Crippen molar-refractivity contribution in [3.8, 4) is 0 Å². The topological polar surface area (TPSA) is 80.5 Å². The number of amides is 1. The number of carbonyl (C=O) groups is 2. The maximum absolute atomic E-state index is 13.4. The highest BCUT2D eigenvalue weighted by Gasteiger charge is 2.36. The molecule has 2 aromatic rings. The van der Waals surface area contributed by atoms with Crippen LogP contribution in [0.5, 0.6) is 0 Å². The van der Waals surface area contributed by atoms with Gasteiger partial charge in [-0.25, -0.2) is 4.98 Å². The van der Waals surface area contributed by atoms with Gasteiger partial charge in [0.25, 0.3) is 5.78 Å². The van der Waals surface area contributed by atoms with E-state index in [0.29, 0.717) is 55.4 Å². The minimum absolute atomic E-state index is 0.000103. The highest BCUT2D eigenvalue weighted by molar-refractivity contribution is 5.83. The Hall–Kier alpha value is -2.52. The lowest BCUT2D eigenvalue weighted by molar-refractivity contribution is -0.142. The second kappa shape index (κ2) is 8.31. The fourth-order valence-electron chi connectivity index (χ4n) is 4.48. The molecule has 4 rings (SSSR count). The fourth-order valence-corrected chi connectivity index (χ4v) is 4.48. The molecule has 0 bridgehead atoms. The van der Waals surface area contributed by atoms with Gasteiger partial charge in [0, 0.05) is 43.5 Å². The molecule has 162 valence electrons. The zero-order valence-corrected chi connectivity index (χ0v) is 16.6. The third-order valence-corrected chi connectivity index (χ3v) is 6.22. The van der Waals surface area contributed by atoms with E-state index >= 15 is 0 Å². The number of rotatable bonds is 4. The first kappa shape index (κ1) is 20.7. The van der Waals surface area contributed by atoms with Crippen LogP contribution in [0.25, 0.3) is 5.78 Å². The van der Waals surface area contributed by atoms with E-state index in [4.69, 9.17) is 0 Å². The zero-order valence-electron chi connectivity index (χ0n) is 16.6. The summed E-state index contributed by atoms with van der Waals surface area (Å²) in [5.74, 6) is 0.0409. The smallest absolute Gasteiger partial charge is 0.343 e. The highest BCUT2D eigenvalue weighted by Crippen LogP contribution is 2.34. The number of alkyl halides is 3. The third kappa shape index (κ3) is 4.32. The number of nitrogens with zero attached hydrogens (tertiary/aromatic N) is 5. The Bertz CT molecular complexity index is 934. The molecule has 10 heteroatoms. The molecule has 30 heavy (non-hydrogen) atoms. The van der Waals surface area contributed by atoms with Crippen LogP contribution >= 0.6 is 0 Å². The summed E-state index contributed by atoms with van der Waals surface area (Å²) in [7, 11) is 0. The van der Waals surface area contributed by atoms with E-state index in [1.165, 1.54) is 0 Å². The van der Waals surface area contributed by atoms with Gasteiger partial charge in [-0.15, -0.1) is 0 Å². The van der Waals surface area contributed by atoms with E-state index < -0.39 is 11.9 Å². The monoisotopic (exact) mass is 423 g/mol. The molecule has 1 aliphatic heterocycles. The first-order chi connectivity index (χ1) is 14.3. The Morgan fingerprint density at radius 3 is 2.63 bits per heavy atom. The van der Waals surface area contributed by atoms with E-state index in [0.717, 1.165) is 31.7 Å². The quantitative estimate of drug-likeness (QED) is 0.753. The number of Topliss-reactive ketones (excluding diaryl/α,β-unsaturated/α-hetero) is 1. The predicted octanol–water partition coefficient (Wildman–Crippen LogP) is 3.39. The highest BCUT2D eigenvalue weighted by atomic mass is 19.4. The summed E-state index contributed by atoms with van der Waals surface area (Å²) < 4.78 is 40.9. The summed E-state index contributed by atoms with van der Waals surface area (Å²) in [5.41, 5.74) is -0.557. The Morgan fingerprint density at radius 2 is 1.93 bits per heavy atom. The first-order valence-corrected chi connectivity index (χ1v) is 10.4. The summed E-state index contributed by atoms with van der Waals surface area (Å²) in [6.07, 6.45) is 2.00. The average Bonchev–Trinajstić information content (AvgIpc) is 3.20. The Balaban J connectivity index is 1.37. The van der Waals surface area contributed by atoms with Crippen LogP contribution in [0.2, 0.25) is 0 Å². The molecular formula is C20H24F3N5O2. The van der Waals surface area contributed by atoms with Crippen molar-refractivity contribution in [3.63, 3.8) is 0 Å². The third-order valence-electron chi connectivity index (χ3n) is 6.22. The van der Waals surface area contributed by atoms with E-state index in [1.54, 1.807) is 4.90 Å². The molecule has 0 unspecified atom stereocenters. The molecule has 1 saturated carbocycles. The molecule has 0 radical (unpaired) electrons. The zero-order chi connectivity index (χ0) is 21.3. The van der Waals surface area contributed by atoms with E-state index in [1.807, 2.05) is 0 Å². The molecule has 1 atom stereocenters. The van der Waals surface area contributed by atoms with Gasteiger partial charge >= 0.3 is 6.18 Å². The summed E-state index contributed by atoms with van der Waals surface area (Å²) in [4.78, 5) is 34.3. The maximum atomic E-state index is 13.4. The number of piperidine rings is 1. The Labute approximate surface area is 171 Å². The molecule has 1 amide bonds. The molecule has 3 heterocycles. The van der Waals surface area contributed by atoms with Gasteiger partial charge in [0.05, 0.1) is 0 Å². The van der Waals surface area contributed by atoms with Gasteiger partial charge in [-0.3, -0.25) is 9.59 Å². The van der Waals surface area contributed by atoms with Crippen molar-refractivity contribution in [1.29, 1.82) is 0 Å². The van der Waals surface area contributed by atoms with Crippen molar-refractivity contribution < 1.29 is 22.8 Å². The molecule has 1 saturated heterocycles. The van der Waals surface area contributed by atoms with E-state index in [2.05, 4.69) is 15.1 Å². The van der Waals surface area contributed by atoms with Gasteiger partial charge in [-0.1, -0.05) is 6.42 Å². The molecule has 7 nitrogen and oxygen atoms in total. The molecule has 0 spiro atoms. The molecule has 0 aromatic carbocycles. The molecule has 2 fully saturated rings. The number of carbonyl (C=O) groups excluding carboxylic acids is 2. The number of aromatic nitrogens is 4. The standard InChI is InChI=1S/C20H24F3N5O2/c21-20(22,23)17-11-15(26-19-24-12-25-28(17)19)13-7-9-27(10-8-13)18(30)6-5-14-3-1-2-4-16(14)29/h11-14H,1-10H2/t14-/m0/s1. The van der Waals surface area contributed by atoms with Gasteiger partial charge in [0.1, 0.15) is 12.1 Å². The van der Waals surface area contributed by atoms with Crippen LogP contribution in [-0.4, -0.2) is 49.3 Å². The summed E-state index contributed by atoms with van der Waals surface area (Å²) >= 11 is 0. The van der Waals surface area contributed by atoms with Crippen LogP contribution in [0.1, 0.15) is 68.7 Å². The number of hydrogen-bond acceptors (Lipinski definition) is 5. The van der Waals surface area contributed by atoms with Crippen molar-refractivity contribution in [2.75, 3.05) is 13.1 Å². The van der Waals surface area contributed by atoms with Crippen molar-refractivity contribution in [3.05, 3.63) is 23.8 Å². The predicted molar refractivity (Wildman–Crippen MR) is 101 cm³/mol. The summed E-state index contributed by atoms with van der Waals surface area (Å²) in [6, 6.07) is 1.04. The number of fused-ring (bicyclic) bond motifs is 1. The number of hydrogen-bond donors (Lipinski definition) is 0.